The SMILES string of the molecule is CCCCCCCCCCCCCCCCCCC(C[C@@H](N)C(=O)O)C(=O)OC(=O)[C@@H](C)N. The normalized spacial score (nSPS) is 13.9. The minimum Gasteiger partial charge on any atom is -0.480 e. The summed E-state index contributed by atoms with van der Waals surface area (Å²) in [5, 5.41) is 9.03. The molecule has 1 unspecified atom stereocenters. The van der Waals surface area contributed by atoms with Gasteiger partial charge < -0.3 is 21.3 Å². The fraction of sp³-hybridized carbons (Fsp3) is 0.885. The average Bonchev–Trinajstić information content (AvgIpc) is 2.77. The predicted molar refractivity (Wildman–Crippen MR) is 133 cm³/mol. The zero-order chi connectivity index (χ0) is 24.9. The minimum absolute atomic E-state index is 0.0425. The van der Waals surface area contributed by atoms with Crippen molar-refractivity contribution in [1.29, 1.82) is 0 Å². The number of nitrogens with two attached hydrogens (primary N) is 2. The first-order chi connectivity index (χ1) is 15.8. The Morgan fingerprint density at radius 1 is 0.697 bits per heavy atom. The predicted octanol–water partition coefficient (Wildman–Crippen LogP) is 5.47. The Morgan fingerprint density at radius 3 is 1.45 bits per heavy atom. The summed E-state index contributed by atoms with van der Waals surface area (Å²) in [6, 6.07) is -2.06. The highest BCUT2D eigenvalue weighted by Crippen LogP contribution is 2.19. The van der Waals surface area contributed by atoms with Gasteiger partial charge in [-0.3, -0.25) is 9.59 Å². The lowest BCUT2D eigenvalue weighted by molar-refractivity contribution is -0.163. The summed E-state index contributed by atoms with van der Waals surface area (Å²) >= 11 is 0. The van der Waals surface area contributed by atoms with Crippen LogP contribution in [0.3, 0.4) is 0 Å². The second kappa shape index (κ2) is 21.1. The van der Waals surface area contributed by atoms with Gasteiger partial charge in [-0.05, 0) is 19.8 Å². The third-order valence-electron chi connectivity index (χ3n) is 6.17. The highest BCUT2D eigenvalue weighted by Gasteiger charge is 2.28. The maximum Gasteiger partial charge on any atom is 0.330 e. The molecule has 7 nitrogen and oxygen atoms in total. The van der Waals surface area contributed by atoms with Crippen LogP contribution in [0.1, 0.15) is 129 Å². The molecule has 33 heavy (non-hydrogen) atoms. The van der Waals surface area contributed by atoms with E-state index in [2.05, 4.69) is 6.92 Å². The van der Waals surface area contributed by atoms with Crippen LogP contribution in [-0.2, 0) is 19.1 Å². The van der Waals surface area contributed by atoms with Crippen molar-refractivity contribution >= 4 is 17.9 Å². The Kier molecular flexibility index (Phi) is 20.1. The highest BCUT2D eigenvalue weighted by molar-refractivity contribution is 5.89. The Balaban J connectivity index is 3.85. The van der Waals surface area contributed by atoms with Crippen molar-refractivity contribution in [3.63, 3.8) is 0 Å². The van der Waals surface area contributed by atoms with Crippen LogP contribution in [0.15, 0.2) is 0 Å². The molecule has 0 aliphatic carbocycles. The second-order valence-electron chi connectivity index (χ2n) is 9.50. The lowest BCUT2D eigenvalue weighted by Crippen LogP contribution is -2.37. The van der Waals surface area contributed by atoms with Crippen LogP contribution < -0.4 is 11.5 Å². The van der Waals surface area contributed by atoms with Gasteiger partial charge >= 0.3 is 17.9 Å². The molecule has 0 aromatic heterocycles. The molecular formula is C26H50N2O5. The summed E-state index contributed by atoms with van der Waals surface area (Å²) in [7, 11) is 0. The number of ether oxygens (including phenoxy) is 1. The van der Waals surface area contributed by atoms with E-state index in [1.54, 1.807) is 0 Å². The van der Waals surface area contributed by atoms with Crippen LogP contribution in [0.4, 0.5) is 0 Å². The maximum atomic E-state index is 12.3. The van der Waals surface area contributed by atoms with E-state index in [4.69, 9.17) is 21.3 Å². The molecule has 0 spiro atoms. The zero-order valence-electron chi connectivity index (χ0n) is 21.2. The summed E-state index contributed by atoms with van der Waals surface area (Å²) in [6.07, 6.45) is 20.6. The summed E-state index contributed by atoms with van der Waals surface area (Å²) in [4.78, 5) is 34.9. The minimum atomic E-state index is -1.17. The molecule has 0 amide bonds. The first kappa shape index (κ1) is 31.5. The van der Waals surface area contributed by atoms with Gasteiger partial charge in [0.1, 0.15) is 12.1 Å². The number of hydrogen-bond donors (Lipinski definition) is 3. The van der Waals surface area contributed by atoms with Crippen molar-refractivity contribution in [3.8, 4) is 0 Å². The summed E-state index contributed by atoms with van der Waals surface area (Å²) in [5.41, 5.74) is 11.0. The van der Waals surface area contributed by atoms with Crippen molar-refractivity contribution in [3.05, 3.63) is 0 Å². The van der Waals surface area contributed by atoms with Gasteiger partial charge in [-0.15, -0.1) is 0 Å². The van der Waals surface area contributed by atoms with Crippen molar-refractivity contribution < 1.29 is 24.2 Å². The molecule has 194 valence electrons. The molecule has 0 bridgehead atoms. The van der Waals surface area contributed by atoms with Crippen LogP contribution in [0.25, 0.3) is 0 Å². The first-order valence-corrected chi connectivity index (χ1v) is 13.3. The van der Waals surface area contributed by atoms with Gasteiger partial charge in [-0.2, -0.15) is 0 Å². The van der Waals surface area contributed by atoms with Crippen molar-refractivity contribution in [2.75, 3.05) is 0 Å². The molecule has 5 N–H and O–H groups in total. The fourth-order valence-corrected chi connectivity index (χ4v) is 3.95. The molecule has 0 rings (SSSR count). The molecule has 0 aliphatic heterocycles. The van der Waals surface area contributed by atoms with Crippen molar-refractivity contribution in [1.82, 2.24) is 0 Å². The topological polar surface area (TPSA) is 133 Å². The number of carbonyl (C=O) groups is 3. The molecular weight excluding hydrogens is 420 g/mol. The van der Waals surface area contributed by atoms with E-state index >= 15 is 0 Å². The Morgan fingerprint density at radius 2 is 1.09 bits per heavy atom. The number of carbonyl (C=O) groups excluding carboxylic acids is 2. The Labute approximate surface area is 201 Å². The van der Waals surface area contributed by atoms with E-state index < -0.39 is 35.9 Å². The number of aliphatic carboxylic acids is 1. The van der Waals surface area contributed by atoms with Gasteiger partial charge in [0.15, 0.2) is 0 Å². The van der Waals surface area contributed by atoms with Crippen molar-refractivity contribution in [2.24, 2.45) is 17.4 Å². The van der Waals surface area contributed by atoms with E-state index in [9.17, 15) is 14.4 Å². The van der Waals surface area contributed by atoms with Gasteiger partial charge in [-0.25, -0.2) is 4.79 Å². The number of hydrogen-bond acceptors (Lipinski definition) is 6. The Bertz CT molecular complexity index is 525. The lowest BCUT2D eigenvalue weighted by atomic mass is 9.93. The van der Waals surface area contributed by atoms with E-state index in [1.807, 2.05) is 0 Å². The average molecular weight is 471 g/mol. The van der Waals surface area contributed by atoms with E-state index in [0.717, 1.165) is 19.3 Å². The molecule has 0 aliphatic rings. The molecule has 0 heterocycles. The van der Waals surface area contributed by atoms with Crippen LogP contribution >= 0.6 is 0 Å². The largest absolute Gasteiger partial charge is 0.480 e. The fourth-order valence-electron chi connectivity index (χ4n) is 3.95. The third-order valence-corrected chi connectivity index (χ3v) is 6.17. The smallest absolute Gasteiger partial charge is 0.330 e. The number of carboxylic acid groups (broad SMARTS) is 1. The monoisotopic (exact) mass is 470 g/mol. The quantitative estimate of drug-likeness (QED) is 0.108. The molecule has 0 radical (unpaired) electrons. The van der Waals surface area contributed by atoms with E-state index in [0.29, 0.717) is 6.42 Å². The molecule has 3 atom stereocenters. The maximum absolute atomic E-state index is 12.3. The summed E-state index contributed by atoms with van der Waals surface area (Å²) in [6.45, 7) is 3.69. The van der Waals surface area contributed by atoms with Crippen LogP contribution in [0.5, 0.6) is 0 Å². The van der Waals surface area contributed by atoms with Gasteiger partial charge in [0.2, 0.25) is 0 Å². The number of rotatable bonds is 22. The summed E-state index contributed by atoms with van der Waals surface area (Å²) in [5.74, 6) is -3.40. The molecule has 0 saturated heterocycles. The molecule has 7 heteroatoms. The molecule has 0 saturated carbocycles. The van der Waals surface area contributed by atoms with Gasteiger partial charge in [0.25, 0.3) is 0 Å². The molecule has 0 fully saturated rings. The second-order valence-corrected chi connectivity index (χ2v) is 9.50. The molecule has 0 aromatic rings. The molecule has 0 aromatic carbocycles. The number of unbranched alkanes of at least 4 members (excludes halogenated alkanes) is 15. The Hall–Kier alpha value is -1.47. The van der Waals surface area contributed by atoms with Crippen LogP contribution in [0, 0.1) is 5.92 Å². The first-order valence-electron chi connectivity index (χ1n) is 13.3. The van der Waals surface area contributed by atoms with Gasteiger partial charge in [0, 0.05) is 0 Å². The lowest BCUT2D eigenvalue weighted by Gasteiger charge is -2.17. The zero-order valence-corrected chi connectivity index (χ0v) is 21.2. The standard InChI is InChI=1S/C26H50N2O5/c1-3-4-5-6-7-8-9-10-11-12-13-14-15-16-17-18-19-22(20-23(28)24(29)30)26(32)33-25(31)21(2)27/h21-23H,3-20,27-28H2,1-2H3,(H,29,30)/t21-,22?,23-/m1/s1. The number of carboxylic acids is 1. The van der Waals surface area contributed by atoms with Gasteiger partial charge in [-0.1, -0.05) is 110 Å². The van der Waals surface area contributed by atoms with E-state index in [-0.39, 0.29) is 6.42 Å². The van der Waals surface area contributed by atoms with Gasteiger partial charge in [0.05, 0.1) is 5.92 Å². The van der Waals surface area contributed by atoms with E-state index in [1.165, 1.54) is 90.4 Å². The summed E-state index contributed by atoms with van der Waals surface area (Å²) < 4.78 is 4.78. The third kappa shape index (κ3) is 18.6. The number of esters is 2. The van der Waals surface area contributed by atoms with Crippen molar-refractivity contribution in [2.45, 2.75) is 142 Å². The van der Waals surface area contributed by atoms with Crippen LogP contribution in [-0.4, -0.2) is 35.1 Å². The highest BCUT2D eigenvalue weighted by atomic mass is 16.6. The van der Waals surface area contributed by atoms with Crippen LogP contribution in [0.2, 0.25) is 0 Å².